The molecule has 1 N–H and O–H groups in total. The van der Waals surface area contributed by atoms with Crippen molar-refractivity contribution in [3.05, 3.63) is 63.6 Å². The Balaban J connectivity index is 1.59. The van der Waals surface area contributed by atoms with Crippen molar-refractivity contribution in [3.63, 3.8) is 0 Å². The van der Waals surface area contributed by atoms with Crippen LogP contribution < -0.4 is 10.1 Å². The zero-order valence-corrected chi connectivity index (χ0v) is 13.3. The third kappa shape index (κ3) is 3.10. The van der Waals surface area contributed by atoms with Gasteiger partial charge in [-0.2, -0.15) is 0 Å². The first-order valence-corrected chi connectivity index (χ1v) is 7.71. The van der Waals surface area contributed by atoms with Gasteiger partial charge in [0.05, 0.1) is 6.54 Å². The molecule has 108 valence electrons. The molecule has 0 aromatic heterocycles. The molecule has 4 heteroatoms. The van der Waals surface area contributed by atoms with E-state index in [0.29, 0.717) is 12.1 Å². The Hall–Kier alpha value is -1.81. The van der Waals surface area contributed by atoms with Crippen LogP contribution >= 0.6 is 15.9 Å². The van der Waals surface area contributed by atoms with Gasteiger partial charge in [0.1, 0.15) is 11.9 Å². The predicted molar refractivity (Wildman–Crippen MR) is 85.8 cm³/mol. The number of benzene rings is 2. The first kappa shape index (κ1) is 14.1. The molecule has 1 aliphatic rings. The monoisotopic (exact) mass is 345 g/mol. The second-order valence-electron chi connectivity index (χ2n) is 5.23. The summed E-state index contributed by atoms with van der Waals surface area (Å²) in [6, 6.07) is 13.6. The lowest BCUT2D eigenvalue weighted by molar-refractivity contribution is 0.0933. The molecule has 1 unspecified atom stereocenters. The normalized spacial score (nSPS) is 16.2. The fraction of sp³-hybridized carbons (Fsp3) is 0.235. The molecule has 2 aromatic carbocycles. The predicted octanol–water partition coefficient (Wildman–Crippen LogP) is 3.49. The fourth-order valence-corrected chi connectivity index (χ4v) is 2.79. The lowest BCUT2D eigenvalue weighted by atomic mass is 10.1. The zero-order chi connectivity index (χ0) is 14.8. The highest BCUT2D eigenvalue weighted by molar-refractivity contribution is 9.10. The van der Waals surface area contributed by atoms with E-state index in [9.17, 15) is 4.79 Å². The molecule has 0 fully saturated rings. The lowest BCUT2D eigenvalue weighted by Gasteiger charge is -2.12. The largest absolute Gasteiger partial charge is 0.488 e. The Bertz CT molecular complexity index is 659. The highest BCUT2D eigenvalue weighted by Gasteiger charge is 2.22. The quantitative estimate of drug-likeness (QED) is 0.924. The number of nitrogens with one attached hydrogen (secondary N) is 1. The van der Waals surface area contributed by atoms with Crippen LogP contribution in [0.1, 0.15) is 21.5 Å². The summed E-state index contributed by atoms with van der Waals surface area (Å²) in [7, 11) is 0. The van der Waals surface area contributed by atoms with Crippen molar-refractivity contribution in [1.82, 2.24) is 5.32 Å². The molecule has 1 atom stereocenters. The maximum absolute atomic E-state index is 12.2. The molecule has 1 heterocycles. The van der Waals surface area contributed by atoms with Crippen molar-refractivity contribution >= 4 is 21.8 Å². The van der Waals surface area contributed by atoms with Gasteiger partial charge in [-0.25, -0.2) is 0 Å². The number of rotatable bonds is 3. The van der Waals surface area contributed by atoms with Gasteiger partial charge in [0.15, 0.2) is 0 Å². The first-order chi connectivity index (χ1) is 10.1. The molecular weight excluding hydrogens is 330 g/mol. The number of ether oxygens (including phenoxy) is 1. The molecule has 0 aliphatic carbocycles. The van der Waals surface area contributed by atoms with Crippen LogP contribution in [-0.4, -0.2) is 18.6 Å². The van der Waals surface area contributed by atoms with E-state index < -0.39 is 0 Å². The number of carbonyl (C=O) groups is 1. The highest BCUT2D eigenvalue weighted by Crippen LogP contribution is 2.27. The van der Waals surface area contributed by atoms with E-state index in [1.807, 2.05) is 43.3 Å². The number of para-hydroxylation sites is 1. The number of fused-ring (bicyclic) bond motifs is 1. The van der Waals surface area contributed by atoms with E-state index in [1.54, 1.807) is 0 Å². The highest BCUT2D eigenvalue weighted by atomic mass is 79.9. The van der Waals surface area contributed by atoms with Gasteiger partial charge in [-0.3, -0.25) is 4.79 Å². The first-order valence-electron chi connectivity index (χ1n) is 6.92. The average Bonchev–Trinajstić information content (AvgIpc) is 2.90. The molecule has 3 nitrogen and oxygen atoms in total. The van der Waals surface area contributed by atoms with Crippen molar-refractivity contribution < 1.29 is 9.53 Å². The van der Waals surface area contributed by atoms with E-state index in [0.717, 1.165) is 22.2 Å². The zero-order valence-electron chi connectivity index (χ0n) is 11.7. The Morgan fingerprint density at radius 3 is 2.90 bits per heavy atom. The van der Waals surface area contributed by atoms with Gasteiger partial charge in [0, 0.05) is 16.5 Å². The van der Waals surface area contributed by atoms with Crippen LogP contribution in [-0.2, 0) is 6.42 Å². The minimum absolute atomic E-state index is 0.0141. The van der Waals surface area contributed by atoms with Crippen molar-refractivity contribution in [2.45, 2.75) is 19.4 Å². The number of amides is 1. The number of hydrogen-bond donors (Lipinski definition) is 1. The summed E-state index contributed by atoms with van der Waals surface area (Å²) in [5.41, 5.74) is 2.97. The summed E-state index contributed by atoms with van der Waals surface area (Å²) in [6.45, 7) is 2.51. The topological polar surface area (TPSA) is 38.3 Å². The SMILES string of the molecule is Cc1ccc(C(=O)NCC2Cc3ccccc3O2)cc1Br. The Kier molecular flexibility index (Phi) is 3.97. The second-order valence-corrected chi connectivity index (χ2v) is 6.08. The van der Waals surface area contributed by atoms with E-state index in [1.165, 1.54) is 5.56 Å². The number of carbonyl (C=O) groups excluding carboxylic acids is 1. The summed E-state index contributed by atoms with van der Waals surface area (Å²) in [5, 5.41) is 2.94. The van der Waals surface area contributed by atoms with Gasteiger partial charge in [-0.05, 0) is 36.2 Å². The molecule has 0 saturated carbocycles. The minimum Gasteiger partial charge on any atom is -0.488 e. The van der Waals surface area contributed by atoms with Crippen molar-refractivity contribution in [3.8, 4) is 5.75 Å². The third-order valence-corrected chi connectivity index (χ3v) is 4.49. The van der Waals surface area contributed by atoms with E-state index in [4.69, 9.17) is 4.74 Å². The van der Waals surface area contributed by atoms with Crippen LogP contribution in [0, 0.1) is 6.92 Å². The average molecular weight is 346 g/mol. The molecule has 21 heavy (non-hydrogen) atoms. The second kappa shape index (κ2) is 5.90. The molecular formula is C17H16BrNO2. The van der Waals surface area contributed by atoms with Crippen LogP contribution in [0.4, 0.5) is 0 Å². The smallest absolute Gasteiger partial charge is 0.251 e. The van der Waals surface area contributed by atoms with Crippen molar-refractivity contribution in [2.24, 2.45) is 0 Å². The number of hydrogen-bond acceptors (Lipinski definition) is 2. The summed E-state index contributed by atoms with van der Waals surface area (Å²) in [5.74, 6) is 0.852. The number of aryl methyl sites for hydroxylation is 1. The maximum atomic E-state index is 12.2. The van der Waals surface area contributed by atoms with Crippen LogP contribution in [0.2, 0.25) is 0 Å². The minimum atomic E-state index is -0.0738. The van der Waals surface area contributed by atoms with Crippen LogP contribution in [0.3, 0.4) is 0 Å². The third-order valence-electron chi connectivity index (χ3n) is 3.64. The van der Waals surface area contributed by atoms with Crippen LogP contribution in [0.25, 0.3) is 0 Å². The summed E-state index contributed by atoms with van der Waals surface area (Å²) in [6.07, 6.45) is 0.855. The summed E-state index contributed by atoms with van der Waals surface area (Å²) < 4.78 is 6.76. The van der Waals surface area contributed by atoms with Gasteiger partial charge >= 0.3 is 0 Å². The van der Waals surface area contributed by atoms with Gasteiger partial charge in [-0.15, -0.1) is 0 Å². The van der Waals surface area contributed by atoms with E-state index in [-0.39, 0.29) is 12.0 Å². The molecule has 1 aliphatic heterocycles. The van der Waals surface area contributed by atoms with Gasteiger partial charge in [0.2, 0.25) is 0 Å². The molecule has 0 spiro atoms. The van der Waals surface area contributed by atoms with Crippen molar-refractivity contribution in [2.75, 3.05) is 6.54 Å². The molecule has 0 saturated heterocycles. The Morgan fingerprint density at radius 2 is 2.14 bits per heavy atom. The Labute approximate surface area is 132 Å². The molecule has 2 aromatic rings. The maximum Gasteiger partial charge on any atom is 0.251 e. The lowest BCUT2D eigenvalue weighted by Crippen LogP contribution is -2.34. The molecule has 0 radical (unpaired) electrons. The molecule has 1 amide bonds. The summed E-state index contributed by atoms with van der Waals surface area (Å²) in [4.78, 5) is 12.2. The Morgan fingerprint density at radius 1 is 1.33 bits per heavy atom. The van der Waals surface area contributed by atoms with Crippen molar-refractivity contribution in [1.29, 1.82) is 0 Å². The summed E-state index contributed by atoms with van der Waals surface area (Å²) >= 11 is 3.45. The van der Waals surface area contributed by atoms with Gasteiger partial charge in [0.25, 0.3) is 5.91 Å². The molecule has 0 bridgehead atoms. The van der Waals surface area contributed by atoms with E-state index >= 15 is 0 Å². The van der Waals surface area contributed by atoms with Gasteiger partial charge in [-0.1, -0.05) is 40.2 Å². The standard InChI is InChI=1S/C17H16BrNO2/c1-11-6-7-13(9-15(11)18)17(20)19-10-14-8-12-4-2-3-5-16(12)21-14/h2-7,9,14H,8,10H2,1H3,(H,19,20). The van der Waals surface area contributed by atoms with Gasteiger partial charge < -0.3 is 10.1 Å². The number of halogens is 1. The fourth-order valence-electron chi connectivity index (χ4n) is 2.41. The van der Waals surface area contributed by atoms with Crippen LogP contribution in [0.15, 0.2) is 46.9 Å². The molecule has 3 rings (SSSR count). The van der Waals surface area contributed by atoms with E-state index in [2.05, 4.69) is 27.3 Å². The van der Waals surface area contributed by atoms with Crippen LogP contribution in [0.5, 0.6) is 5.75 Å².